The van der Waals surface area contributed by atoms with Gasteiger partial charge in [0.1, 0.15) is 23.7 Å². The summed E-state index contributed by atoms with van der Waals surface area (Å²) in [4.78, 5) is 22.5. The van der Waals surface area contributed by atoms with Crippen LogP contribution in [0.2, 0.25) is 0 Å². The number of carbonyl (C=O) groups excluding carboxylic acids is 1. The van der Waals surface area contributed by atoms with Crippen molar-refractivity contribution < 1.29 is 27.9 Å². The summed E-state index contributed by atoms with van der Waals surface area (Å²) in [6.45, 7) is 1.62. The first kappa shape index (κ1) is 13.7. The van der Waals surface area contributed by atoms with Crippen LogP contribution in [0, 0.1) is 18.6 Å². The molecule has 7 heteroatoms. The van der Waals surface area contributed by atoms with E-state index in [1.165, 1.54) is 12.3 Å². The number of hydrogen-bond donors (Lipinski definition) is 2. The van der Waals surface area contributed by atoms with Crippen molar-refractivity contribution in [2.45, 2.75) is 6.92 Å². The molecule has 0 radical (unpaired) electrons. The number of nitrogens with one attached hydrogen (secondary N) is 1. The first-order valence-corrected chi connectivity index (χ1v) is 5.47. The Hall–Kier alpha value is -2.70. The van der Waals surface area contributed by atoms with Crippen LogP contribution in [0.1, 0.15) is 26.5 Å². The fourth-order valence-electron chi connectivity index (χ4n) is 1.57. The number of carboxylic acids is 1. The van der Waals surface area contributed by atoms with Gasteiger partial charge in [-0.3, -0.25) is 4.79 Å². The Morgan fingerprint density at radius 1 is 1.20 bits per heavy atom. The predicted octanol–water partition coefficient (Wildman–Crippen LogP) is 2.82. The number of aromatic carboxylic acids is 1. The highest BCUT2D eigenvalue weighted by atomic mass is 19.1. The first-order chi connectivity index (χ1) is 9.38. The highest BCUT2D eigenvalue weighted by Crippen LogP contribution is 2.20. The van der Waals surface area contributed by atoms with Crippen LogP contribution in [0.25, 0.3) is 0 Å². The van der Waals surface area contributed by atoms with E-state index < -0.39 is 34.8 Å². The molecule has 2 N–H and O–H groups in total. The average molecular weight is 281 g/mol. The lowest BCUT2D eigenvalue weighted by Crippen LogP contribution is -2.13. The minimum absolute atomic E-state index is 0.142. The molecule has 104 valence electrons. The molecule has 0 aliphatic heterocycles. The number of amides is 1. The Kier molecular flexibility index (Phi) is 3.51. The van der Waals surface area contributed by atoms with Crippen molar-refractivity contribution in [3.63, 3.8) is 0 Å². The van der Waals surface area contributed by atoms with E-state index in [1.54, 1.807) is 6.92 Å². The number of rotatable bonds is 3. The van der Waals surface area contributed by atoms with Crippen molar-refractivity contribution >= 4 is 17.6 Å². The summed E-state index contributed by atoms with van der Waals surface area (Å²) < 4.78 is 31.6. The second kappa shape index (κ2) is 5.12. The van der Waals surface area contributed by atoms with Gasteiger partial charge in [0.25, 0.3) is 5.91 Å². The molecule has 1 aromatic heterocycles. The van der Waals surface area contributed by atoms with Gasteiger partial charge in [-0.15, -0.1) is 0 Å². The van der Waals surface area contributed by atoms with Gasteiger partial charge >= 0.3 is 5.97 Å². The molecule has 20 heavy (non-hydrogen) atoms. The summed E-state index contributed by atoms with van der Waals surface area (Å²) in [5.74, 6) is -4.05. The summed E-state index contributed by atoms with van der Waals surface area (Å²) in [5, 5.41) is 10.9. The highest BCUT2D eigenvalue weighted by molar-refractivity contribution is 6.04. The Morgan fingerprint density at radius 3 is 2.45 bits per heavy atom. The second-order valence-electron chi connectivity index (χ2n) is 4.02. The summed E-state index contributed by atoms with van der Waals surface area (Å²) in [7, 11) is 0. The number of anilines is 1. The van der Waals surface area contributed by atoms with Crippen LogP contribution >= 0.6 is 0 Å². The number of carboxylic acid groups (broad SMARTS) is 1. The normalized spacial score (nSPS) is 10.3. The van der Waals surface area contributed by atoms with Crippen LogP contribution in [0.5, 0.6) is 0 Å². The topological polar surface area (TPSA) is 79.5 Å². The zero-order chi connectivity index (χ0) is 14.9. The van der Waals surface area contributed by atoms with Crippen molar-refractivity contribution in [3.8, 4) is 0 Å². The van der Waals surface area contributed by atoms with E-state index in [4.69, 9.17) is 9.52 Å². The van der Waals surface area contributed by atoms with Crippen LogP contribution in [-0.4, -0.2) is 17.0 Å². The quantitative estimate of drug-likeness (QED) is 0.906. The minimum Gasteiger partial charge on any atom is -0.478 e. The lowest BCUT2D eigenvalue weighted by atomic mass is 10.1. The molecular formula is C13H9F2NO4. The fourth-order valence-corrected chi connectivity index (χ4v) is 1.57. The van der Waals surface area contributed by atoms with Crippen molar-refractivity contribution in [1.29, 1.82) is 0 Å². The fraction of sp³-hybridized carbons (Fsp3) is 0.0769. The van der Waals surface area contributed by atoms with Gasteiger partial charge in [-0.2, -0.15) is 0 Å². The van der Waals surface area contributed by atoms with E-state index in [9.17, 15) is 18.4 Å². The van der Waals surface area contributed by atoms with E-state index in [0.717, 1.165) is 6.07 Å². The molecule has 0 saturated heterocycles. The maximum atomic E-state index is 13.5. The minimum atomic E-state index is -1.56. The largest absolute Gasteiger partial charge is 0.478 e. The molecule has 0 unspecified atom stereocenters. The molecule has 1 amide bonds. The van der Waals surface area contributed by atoms with E-state index in [0.29, 0.717) is 11.8 Å². The molecule has 1 heterocycles. The van der Waals surface area contributed by atoms with Crippen LogP contribution in [0.15, 0.2) is 28.9 Å². The molecular weight excluding hydrogens is 272 g/mol. The lowest BCUT2D eigenvalue weighted by Gasteiger charge is -2.07. The zero-order valence-electron chi connectivity index (χ0n) is 10.2. The number of halogens is 2. The predicted molar refractivity (Wildman–Crippen MR) is 64.7 cm³/mol. The number of carbonyl (C=O) groups is 2. The molecule has 0 fully saturated rings. The smallest absolute Gasteiger partial charge is 0.338 e. The van der Waals surface area contributed by atoms with Gasteiger partial charge in [0, 0.05) is 6.07 Å². The molecule has 2 aromatic rings. The third kappa shape index (κ3) is 2.66. The molecule has 1 aromatic carbocycles. The van der Waals surface area contributed by atoms with Crippen LogP contribution < -0.4 is 5.32 Å². The standard InChI is InChI=1S/C13H9F2NO4/c1-6-2-7(5-20-6)12(17)16-11-3-8(13(18)19)9(14)4-10(11)15/h2-5H,1H3,(H,16,17)(H,18,19). The second-order valence-corrected chi connectivity index (χ2v) is 4.02. The Balaban J connectivity index is 2.31. The molecule has 0 aliphatic rings. The van der Waals surface area contributed by atoms with Crippen molar-refractivity contribution in [3.05, 3.63) is 53.0 Å². The summed E-state index contributed by atoms with van der Waals surface area (Å²) >= 11 is 0. The molecule has 0 atom stereocenters. The SMILES string of the molecule is Cc1cc(C(=O)Nc2cc(C(=O)O)c(F)cc2F)co1. The zero-order valence-corrected chi connectivity index (χ0v) is 10.2. The Bertz CT molecular complexity index is 694. The van der Waals surface area contributed by atoms with Crippen molar-refractivity contribution in [2.24, 2.45) is 0 Å². The number of benzene rings is 1. The van der Waals surface area contributed by atoms with Gasteiger partial charge in [0.05, 0.1) is 16.8 Å². The van der Waals surface area contributed by atoms with Crippen LogP contribution in [-0.2, 0) is 0 Å². The third-order valence-electron chi connectivity index (χ3n) is 2.53. The maximum absolute atomic E-state index is 13.5. The number of furan rings is 1. The van der Waals surface area contributed by atoms with Gasteiger partial charge in [-0.05, 0) is 19.1 Å². The highest BCUT2D eigenvalue weighted by Gasteiger charge is 2.17. The molecule has 5 nitrogen and oxygen atoms in total. The van der Waals surface area contributed by atoms with Gasteiger partial charge < -0.3 is 14.8 Å². The first-order valence-electron chi connectivity index (χ1n) is 5.47. The van der Waals surface area contributed by atoms with Crippen LogP contribution in [0.3, 0.4) is 0 Å². The average Bonchev–Trinajstić information content (AvgIpc) is 2.79. The Morgan fingerprint density at radius 2 is 1.90 bits per heavy atom. The van der Waals surface area contributed by atoms with Crippen LogP contribution in [0.4, 0.5) is 14.5 Å². The van der Waals surface area contributed by atoms with E-state index in [-0.39, 0.29) is 5.56 Å². The number of hydrogen-bond acceptors (Lipinski definition) is 3. The molecule has 0 bridgehead atoms. The summed E-state index contributed by atoms with van der Waals surface area (Å²) in [5.41, 5.74) is -1.01. The van der Waals surface area contributed by atoms with Gasteiger partial charge in [0.2, 0.25) is 0 Å². The summed E-state index contributed by atoms with van der Waals surface area (Å²) in [6, 6.07) is 2.55. The third-order valence-corrected chi connectivity index (χ3v) is 2.53. The number of aryl methyl sites for hydroxylation is 1. The van der Waals surface area contributed by atoms with Gasteiger partial charge in [-0.25, -0.2) is 13.6 Å². The molecule has 0 aliphatic carbocycles. The van der Waals surface area contributed by atoms with E-state index in [2.05, 4.69) is 5.32 Å². The van der Waals surface area contributed by atoms with Gasteiger partial charge in [-0.1, -0.05) is 0 Å². The van der Waals surface area contributed by atoms with Gasteiger partial charge in [0.15, 0.2) is 0 Å². The van der Waals surface area contributed by atoms with E-state index >= 15 is 0 Å². The lowest BCUT2D eigenvalue weighted by molar-refractivity contribution is 0.0691. The maximum Gasteiger partial charge on any atom is 0.338 e. The van der Waals surface area contributed by atoms with Crippen molar-refractivity contribution in [1.82, 2.24) is 0 Å². The molecule has 0 spiro atoms. The van der Waals surface area contributed by atoms with E-state index in [1.807, 2.05) is 0 Å². The monoisotopic (exact) mass is 281 g/mol. The summed E-state index contributed by atoms with van der Waals surface area (Å²) in [6.07, 6.45) is 1.17. The molecule has 2 rings (SSSR count). The Labute approximate surface area is 111 Å². The molecule has 0 saturated carbocycles. The van der Waals surface area contributed by atoms with Crippen molar-refractivity contribution in [2.75, 3.05) is 5.32 Å².